The number of nitrogens with one attached hydrogen (secondary N) is 1. The van der Waals surface area contributed by atoms with Gasteiger partial charge in [0.2, 0.25) is 0 Å². The third-order valence-electron chi connectivity index (χ3n) is 5.67. The Balaban J connectivity index is 1.72. The molecule has 0 unspecified atom stereocenters. The van der Waals surface area contributed by atoms with Gasteiger partial charge in [-0.05, 0) is 44.5 Å². The summed E-state index contributed by atoms with van der Waals surface area (Å²) >= 11 is 0. The molecule has 0 bridgehead atoms. The van der Waals surface area contributed by atoms with Gasteiger partial charge in [-0.15, -0.1) is 5.10 Å². The maximum atomic E-state index is 5.06. The molecular formula is C24H26N6. The zero-order chi connectivity index (χ0) is 20.7. The fraction of sp³-hybridized carbons (Fsp3) is 0.292. The molecule has 1 aliphatic rings. The monoisotopic (exact) mass is 398 g/mol. The van der Waals surface area contributed by atoms with Gasteiger partial charge in [-0.2, -0.15) is 0 Å². The molecular weight excluding hydrogens is 372 g/mol. The maximum Gasteiger partial charge on any atom is 0.155 e. The molecule has 1 fully saturated rings. The van der Waals surface area contributed by atoms with E-state index in [2.05, 4.69) is 66.3 Å². The van der Waals surface area contributed by atoms with Crippen LogP contribution in [0, 0.1) is 6.92 Å². The third-order valence-corrected chi connectivity index (χ3v) is 5.67. The summed E-state index contributed by atoms with van der Waals surface area (Å²) in [6.45, 7) is 8.40. The van der Waals surface area contributed by atoms with E-state index >= 15 is 0 Å². The van der Waals surface area contributed by atoms with Crippen LogP contribution in [0.4, 0.5) is 5.82 Å². The van der Waals surface area contributed by atoms with E-state index in [1.54, 1.807) is 0 Å². The second kappa shape index (κ2) is 7.54. The predicted octanol–water partition coefficient (Wildman–Crippen LogP) is 3.95. The number of fused-ring (bicyclic) bond motifs is 1. The molecule has 0 radical (unpaired) electrons. The minimum atomic E-state index is 0.427. The number of imidazole rings is 1. The van der Waals surface area contributed by atoms with Gasteiger partial charge in [0.25, 0.3) is 0 Å². The molecule has 6 heteroatoms. The van der Waals surface area contributed by atoms with E-state index in [0.717, 1.165) is 52.6 Å². The summed E-state index contributed by atoms with van der Waals surface area (Å²) < 4.78 is 2.00. The van der Waals surface area contributed by atoms with Gasteiger partial charge in [-0.1, -0.05) is 30.3 Å². The molecule has 1 aromatic carbocycles. The van der Waals surface area contributed by atoms with Crippen molar-refractivity contribution in [2.24, 2.45) is 0 Å². The number of aryl methyl sites for hydroxylation is 1. The highest BCUT2D eigenvalue weighted by atomic mass is 15.4. The van der Waals surface area contributed by atoms with Crippen LogP contribution in [-0.2, 0) is 0 Å². The van der Waals surface area contributed by atoms with E-state index in [-0.39, 0.29) is 0 Å². The maximum absolute atomic E-state index is 5.06. The van der Waals surface area contributed by atoms with Crippen molar-refractivity contribution in [1.82, 2.24) is 24.9 Å². The van der Waals surface area contributed by atoms with Gasteiger partial charge >= 0.3 is 0 Å². The first-order valence-electron chi connectivity index (χ1n) is 10.5. The van der Waals surface area contributed by atoms with Gasteiger partial charge in [0.1, 0.15) is 11.5 Å². The van der Waals surface area contributed by atoms with Crippen molar-refractivity contribution in [1.29, 1.82) is 0 Å². The lowest BCUT2D eigenvalue weighted by atomic mass is 10.0. The average Bonchev–Trinajstić information content (AvgIpc) is 3.12. The second-order valence-corrected chi connectivity index (χ2v) is 8.20. The van der Waals surface area contributed by atoms with Crippen LogP contribution in [0.15, 0.2) is 60.9 Å². The largest absolute Gasteiger partial charge is 0.352 e. The average molecular weight is 399 g/mol. The highest BCUT2D eigenvalue weighted by Gasteiger charge is 2.24. The molecule has 4 heterocycles. The van der Waals surface area contributed by atoms with Crippen LogP contribution in [0.3, 0.4) is 0 Å². The Hall–Kier alpha value is -3.25. The molecule has 0 amide bonds. The standard InChI is InChI=1S/C24H26N6/c1-16-13-25-12-11-20(16)24-23(19-7-5-4-6-8-19)27-21-9-10-22(28-30(21)24)29-14-17(2)26-18(3)15-29/h4-13,17-18,26H,14-15H2,1-3H3/t17-,18+. The summed E-state index contributed by atoms with van der Waals surface area (Å²) in [7, 11) is 0. The van der Waals surface area contributed by atoms with Gasteiger partial charge in [0, 0.05) is 48.7 Å². The van der Waals surface area contributed by atoms with E-state index in [1.165, 1.54) is 0 Å². The normalized spacial score (nSPS) is 19.4. The third kappa shape index (κ3) is 3.33. The Morgan fingerprint density at radius 2 is 1.73 bits per heavy atom. The number of anilines is 1. The van der Waals surface area contributed by atoms with E-state index in [1.807, 2.05) is 35.1 Å². The number of benzene rings is 1. The van der Waals surface area contributed by atoms with E-state index in [0.29, 0.717) is 12.1 Å². The molecule has 30 heavy (non-hydrogen) atoms. The van der Waals surface area contributed by atoms with Crippen LogP contribution in [0.5, 0.6) is 0 Å². The first-order chi connectivity index (χ1) is 14.6. The van der Waals surface area contributed by atoms with Crippen molar-refractivity contribution >= 4 is 11.5 Å². The molecule has 1 aliphatic heterocycles. The number of piperazine rings is 1. The summed E-state index contributed by atoms with van der Waals surface area (Å²) in [5.74, 6) is 0.979. The Bertz CT molecular complexity index is 1170. The molecule has 152 valence electrons. The number of rotatable bonds is 3. The first-order valence-corrected chi connectivity index (χ1v) is 10.5. The number of nitrogens with zero attached hydrogens (tertiary/aromatic N) is 5. The SMILES string of the molecule is Cc1cnccc1-c1c(-c2ccccc2)nc2ccc(N3C[C@@H](C)N[C@@H](C)C3)nn12. The molecule has 1 N–H and O–H groups in total. The summed E-state index contributed by atoms with van der Waals surface area (Å²) in [5.41, 5.74) is 6.09. The molecule has 0 aliphatic carbocycles. The summed E-state index contributed by atoms with van der Waals surface area (Å²) in [6, 6.07) is 17.4. The number of pyridine rings is 1. The highest BCUT2D eigenvalue weighted by molar-refractivity contribution is 5.83. The van der Waals surface area contributed by atoms with Gasteiger partial charge in [0.05, 0.1) is 5.69 Å². The Kier molecular flexibility index (Phi) is 4.71. The minimum absolute atomic E-state index is 0.427. The first kappa shape index (κ1) is 18.8. The lowest BCUT2D eigenvalue weighted by Gasteiger charge is -2.36. The Morgan fingerprint density at radius 1 is 0.967 bits per heavy atom. The van der Waals surface area contributed by atoms with Crippen LogP contribution in [0.25, 0.3) is 28.2 Å². The smallest absolute Gasteiger partial charge is 0.155 e. The lowest BCUT2D eigenvalue weighted by molar-refractivity contribution is 0.404. The van der Waals surface area contributed by atoms with E-state index < -0.39 is 0 Å². The molecule has 1 saturated heterocycles. The van der Waals surface area contributed by atoms with Crippen molar-refractivity contribution in [2.45, 2.75) is 32.9 Å². The molecule has 6 nitrogen and oxygen atoms in total. The predicted molar refractivity (Wildman–Crippen MR) is 121 cm³/mol. The minimum Gasteiger partial charge on any atom is -0.352 e. The zero-order valence-corrected chi connectivity index (χ0v) is 17.6. The fourth-order valence-corrected chi connectivity index (χ4v) is 4.38. The van der Waals surface area contributed by atoms with Crippen LogP contribution >= 0.6 is 0 Å². The molecule has 0 spiro atoms. The van der Waals surface area contributed by atoms with Gasteiger partial charge in [-0.3, -0.25) is 4.98 Å². The molecule has 0 saturated carbocycles. The van der Waals surface area contributed by atoms with Gasteiger partial charge in [-0.25, -0.2) is 9.50 Å². The van der Waals surface area contributed by atoms with Crippen LogP contribution < -0.4 is 10.2 Å². The summed E-state index contributed by atoms with van der Waals surface area (Å²) in [4.78, 5) is 11.6. The van der Waals surface area contributed by atoms with E-state index in [4.69, 9.17) is 10.1 Å². The topological polar surface area (TPSA) is 58.4 Å². The van der Waals surface area contributed by atoms with Crippen molar-refractivity contribution in [3.8, 4) is 22.5 Å². The Labute approximate surface area is 176 Å². The molecule has 5 rings (SSSR count). The quantitative estimate of drug-likeness (QED) is 0.566. The second-order valence-electron chi connectivity index (χ2n) is 8.20. The number of hydrogen-bond acceptors (Lipinski definition) is 5. The number of hydrogen-bond donors (Lipinski definition) is 1. The molecule has 2 atom stereocenters. The fourth-order valence-electron chi connectivity index (χ4n) is 4.38. The van der Waals surface area contributed by atoms with Crippen LogP contribution in [-0.4, -0.2) is 44.8 Å². The Morgan fingerprint density at radius 3 is 2.47 bits per heavy atom. The van der Waals surface area contributed by atoms with Crippen molar-refractivity contribution in [3.05, 3.63) is 66.5 Å². The van der Waals surface area contributed by atoms with Crippen molar-refractivity contribution in [3.63, 3.8) is 0 Å². The summed E-state index contributed by atoms with van der Waals surface area (Å²) in [5, 5.41) is 8.65. The summed E-state index contributed by atoms with van der Waals surface area (Å²) in [6.07, 6.45) is 3.73. The van der Waals surface area contributed by atoms with Crippen molar-refractivity contribution in [2.75, 3.05) is 18.0 Å². The van der Waals surface area contributed by atoms with Crippen LogP contribution in [0.1, 0.15) is 19.4 Å². The van der Waals surface area contributed by atoms with Crippen LogP contribution in [0.2, 0.25) is 0 Å². The highest BCUT2D eigenvalue weighted by Crippen LogP contribution is 2.34. The lowest BCUT2D eigenvalue weighted by Crippen LogP contribution is -2.54. The van der Waals surface area contributed by atoms with E-state index in [9.17, 15) is 0 Å². The van der Waals surface area contributed by atoms with Gasteiger partial charge < -0.3 is 10.2 Å². The molecule has 4 aromatic rings. The molecule has 3 aromatic heterocycles. The van der Waals surface area contributed by atoms with Crippen molar-refractivity contribution < 1.29 is 0 Å². The number of aromatic nitrogens is 4. The van der Waals surface area contributed by atoms with Gasteiger partial charge in [0.15, 0.2) is 5.65 Å². The zero-order valence-electron chi connectivity index (χ0n) is 17.6.